The van der Waals surface area contributed by atoms with Crippen LogP contribution in [0.1, 0.15) is 44.7 Å². The van der Waals surface area contributed by atoms with Crippen molar-refractivity contribution < 1.29 is 14.2 Å². The summed E-state index contributed by atoms with van der Waals surface area (Å²) in [5.41, 5.74) is 1.19. The quantitative estimate of drug-likeness (QED) is 0.704. The monoisotopic (exact) mass is 279 g/mol. The zero-order chi connectivity index (χ0) is 14.2. The van der Waals surface area contributed by atoms with Gasteiger partial charge < -0.3 is 19.5 Å². The van der Waals surface area contributed by atoms with Crippen molar-refractivity contribution >= 4 is 0 Å². The van der Waals surface area contributed by atoms with E-state index in [2.05, 4.69) is 31.3 Å². The van der Waals surface area contributed by atoms with Crippen molar-refractivity contribution in [2.75, 3.05) is 26.6 Å². The van der Waals surface area contributed by atoms with Crippen LogP contribution in [-0.4, -0.2) is 26.6 Å². The molecule has 1 heterocycles. The van der Waals surface area contributed by atoms with E-state index in [1.807, 2.05) is 6.07 Å². The summed E-state index contributed by atoms with van der Waals surface area (Å²) in [6, 6.07) is 6.33. The molecule has 1 unspecified atom stereocenters. The van der Waals surface area contributed by atoms with Gasteiger partial charge in [0.2, 0.25) is 6.79 Å². The molecule has 0 saturated carbocycles. The summed E-state index contributed by atoms with van der Waals surface area (Å²) < 4.78 is 16.6. The molecule has 1 aliphatic heterocycles. The molecule has 0 radical (unpaired) electrons. The Kier molecular flexibility index (Phi) is 6.15. The molecule has 2 rings (SSSR count). The molecule has 0 aliphatic carbocycles. The maximum absolute atomic E-state index is 5.77. The Morgan fingerprint density at radius 3 is 2.85 bits per heavy atom. The van der Waals surface area contributed by atoms with Crippen LogP contribution in [0.4, 0.5) is 0 Å². The number of hydrogen-bond donors (Lipinski definition) is 1. The van der Waals surface area contributed by atoms with Crippen LogP contribution in [0, 0.1) is 0 Å². The highest BCUT2D eigenvalue weighted by molar-refractivity contribution is 5.45. The van der Waals surface area contributed by atoms with Gasteiger partial charge in [0, 0.05) is 6.61 Å². The Morgan fingerprint density at radius 1 is 1.20 bits per heavy atom. The Labute approximate surface area is 121 Å². The summed E-state index contributed by atoms with van der Waals surface area (Å²) in [6.07, 6.45) is 3.38. The number of hydrogen-bond acceptors (Lipinski definition) is 4. The second kappa shape index (κ2) is 8.12. The van der Waals surface area contributed by atoms with Crippen molar-refractivity contribution in [3.63, 3.8) is 0 Å². The fourth-order valence-corrected chi connectivity index (χ4v) is 2.17. The normalized spacial score (nSPS) is 14.5. The van der Waals surface area contributed by atoms with Crippen LogP contribution in [0.3, 0.4) is 0 Å². The fraction of sp³-hybridized carbons (Fsp3) is 0.625. The van der Waals surface area contributed by atoms with Crippen molar-refractivity contribution in [2.24, 2.45) is 0 Å². The Bertz CT molecular complexity index is 409. The fourth-order valence-electron chi connectivity index (χ4n) is 2.17. The van der Waals surface area contributed by atoms with Crippen LogP contribution in [0.5, 0.6) is 11.5 Å². The highest BCUT2D eigenvalue weighted by Crippen LogP contribution is 2.34. The lowest BCUT2D eigenvalue weighted by atomic mass is 10.1. The van der Waals surface area contributed by atoms with E-state index >= 15 is 0 Å². The Morgan fingerprint density at radius 2 is 2.05 bits per heavy atom. The van der Waals surface area contributed by atoms with Gasteiger partial charge in [-0.3, -0.25) is 0 Å². The third-order valence-electron chi connectivity index (χ3n) is 3.37. The minimum absolute atomic E-state index is 0.210. The third kappa shape index (κ3) is 4.12. The molecule has 0 bridgehead atoms. The molecule has 1 aliphatic rings. The molecule has 0 amide bonds. The van der Waals surface area contributed by atoms with Crippen molar-refractivity contribution in [3.05, 3.63) is 23.8 Å². The summed E-state index contributed by atoms with van der Waals surface area (Å²) in [4.78, 5) is 0. The number of benzene rings is 1. The molecule has 1 N–H and O–H groups in total. The van der Waals surface area contributed by atoms with Crippen LogP contribution >= 0.6 is 0 Å². The second-order valence-corrected chi connectivity index (χ2v) is 5.05. The molecule has 0 saturated heterocycles. The van der Waals surface area contributed by atoms with Gasteiger partial charge in [-0.15, -0.1) is 0 Å². The average Bonchev–Trinajstić information content (AvgIpc) is 2.94. The third-order valence-corrected chi connectivity index (χ3v) is 3.37. The maximum Gasteiger partial charge on any atom is 0.231 e. The molecule has 0 aromatic heterocycles. The highest BCUT2D eigenvalue weighted by atomic mass is 16.7. The van der Waals surface area contributed by atoms with Crippen LogP contribution < -0.4 is 14.8 Å². The molecule has 4 nitrogen and oxygen atoms in total. The van der Waals surface area contributed by atoms with E-state index in [1.165, 1.54) is 5.56 Å². The zero-order valence-corrected chi connectivity index (χ0v) is 12.5. The minimum Gasteiger partial charge on any atom is -0.454 e. The van der Waals surface area contributed by atoms with Gasteiger partial charge in [-0.25, -0.2) is 0 Å². The zero-order valence-electron chi connectivity index (χ0n) is 12.5. The van der Waals surface area contributed by atoms with Gasteiger partial charge in [0.25, 0.3) is 0 Å². The number of unbranched alkanes of at least 4 members (excludes halogenated alkanes) is 1. The van der Waals surface area contributed by atoms with E-state index in [-0.39, 0.29) is 6.04 Å². The van der Waals surface area contributed by atoms with Crippen LogP contribution in [0.2, 0.25) is 0 Å². The van der Waals surface area contributed by atoms with Crippen molar-refractivity contribution in [1.82, 2.24) is 5.32 Å². The van der Waals surface area contributed by atoms with E-state index < -0.39 is 0 Å². The summed E-state index contributed by atoms with van der Waals surface area (Å²) in [7, 11) is 0. The van der Waals surface area contributed by atoms with E-state index in [4.69, 9.17) is 14.2 Å². The standard InChI is InChI=1S/C16H25NO3/c1-3-5-9-18-11-14(17-8-4-2)13-6-7-15-16(10-13)20-12-19-15/h6-7,10,14,17H,3-5,8-9,11-12H2,1-2H3. The first-order valence-electron chi connectivity index (χ1n) is 7.55. The largest absolute Gasteiger partial charge is 0.454 e. The van der Waals surface area contributed by atoms with Gasteiger partial charge in [-0.05, 0) is 37.1 Å². The van der Waals surface area contributed by atoms with Crippen LogP contribution in [0.15, 0.2) is 18.2 Å². The smallest absolute Gasteiger partial charge is 0.231 e. The van der Waals surface area contributed by atoms with E-state index in [9.17, 15) is 0 Å². The van der Waals surface area contributed by atoms with Crippen molar-refractivity contribution in [1.29, 1.82) is 0 Å². The molecule has 0 fully saturated rings. The molecular weight excluding hydrogens is 254 g/mol. The lowest BCUT2D eigenvalue weighted by molar-refractivity contribution is 0.109. The van der Waals surface area contributed by atoms with Gasteiger partial charge in [-0.2, -0.15) is 0 Å². The first kappa shape index (κ1) is 15.1. The maximum atomic E-state index is 5.77. The number of fused-ring (bicyclic) bond motifs is 1. The van der Waals surface area contributed by atoms with Gasteiger partial charge in [0.05, 0.1) is 12.6 Å². The molecule has 20 heavy (non-hydrogen) atoms. The lowest BCUT2D eigenvalue weighted by Crippen LogP contribution is -2.26. The van der Waals surface area contributed by atoms with Crippen molar-refractivity contribution in [2.45, 2.75) is 39.2 Å². The molecule has 1 aromatic carbocycles. The molecule has 1 atom stereocenters. The Hall–Kier alpha value is -1.26. The molecule has 4 heteroatoms. The summed E-state index contributed by atoms with van der Waals surface area (Å²) in [5, 5.41) is 3.53. The summed E-state index contributed by atoms with van der Waals surface area (Å²) >= 11 is 0. The molecule has 112 valence electrons. The Balaban J connectivity index is 1.97. The number of ether oxygens (including phenoxy) is 3. The molecule has 0 spiro atoms. The number of rotatable bonds is 9. The number of nitrogens with one attached hydrogen (secondary N) is 1. The first-order valence-corrected chi connectivity index (χ1v) is 7.55. The van der Waals surface area contributed by atoms with Crippen molar-refractivity contribution in [3.8, 4) is 11.5 Å². The van der Waals surface area contributed by atoms with Gasteiger partial charge in [0.15, 0.2) is 11.5 Å². The van der Waals surface area contributed by atoms with E-state index in [0.29, 0.717) is 13.4 Å². The SMILES string of the molecule is CCCCOCC(NCCC)c1ccc2c(c1)OCO2. The predicted molar refractivity (Wildman–Crippen MR) is 79.3 cm³/mol. The molecule has 1 aromatic rings. The minimum atomic E-state index is 0.210. The van der Waals surface area contributed by atoms with Crippen LogP contribution in [-0.2, 0) is 4.74 Å². The summed E-state index contributed by atoms with van der Waals surface area (Å²) in [5.74, 6) is 1.66. The van der Waals surface area contributed by atoms with Crippen LogP contribution in [0.25, 0.3) is 0 Å². The summed E-state index contributed by atoms with van der Waals surface area (Å²) in [6.45, 7) is 7.16. The van der Waals surface area contributed by atoms with Gasteiger partial charge in [-0.1, -0.05) is 26.3 Å². The second-order valence-electron chi connectivity index (χ2n) is 5.05. The topological polar surface area (TPSA) is 39.7 Å². The van der Waals surface area contributed by atoms with Gasteiger partial charge in [0.1, 0.15) is 0 Å². The first-order chi connectivity index (χ1) is 9.85. The van der Waals surface area contributed by atoms with E-state index in [0.717, 1.165) is 43.9 Å². The van der Waals surface area contributed by atoms with Gasteiger partial charge >= 0.3 is 0 Å². The lowest BCUT2D eigenvalue weighted by Gasteiger charge is -2.19. The van der Waals surface area contributed by atoms with E-state index in [1.54, 1.807) is 0 Å². The molecular formula is C16H25NO3. The highest BCUT2D eigenvalue weighted by Gasteiger charge is 2.17. The average molecular weight is 279 g/mol. The predicted octanol–water partition coefficient (Wildman–Crippen LogP) is 3.27.